The van der Waals surface area contributed by atoms with Crippen molar-refractivity contribution >= 4 is 35.9 Å². The summed E-state index contributed by atoms with van der Waals surface area (Å²) in [5.41, 5.74) is 7.18. The van der Waals surface area contributed by atoms with E-state index >= 15 is 0 Å². The summed E-state index contributed by atoms with van der Waals surface area (Å²) in [5.74, 6) is 2.19. The summed E-state index contributed by atoms with van der Waals surface area (Å²) >= 11 is 0. The summed E-state index contributed by atoms with van der Waals surface area (Å²) in [5, 5.41) is 0. The van der Waals surface area contributed by atoms with Crippen LogP contribution in [0.2, 0.25) is 0 Å². The SMILES string of the molecule is Cc1ccoc1CN=C(N)N1CCN(c2ncccn2)CC1.I. The van der Waals surface area contributed by atoms with Crippen molar-refractivity contribution in [1.82, 2.24) is 14.9 Å². The third kappa shape index (κ3) is 4.34. The number of anilines is 1. The van der Waals surface area contributed by atoms with Gasteiger partial charge in [0.2, 0.25) is 5.95 Å². The average Bonchev–Trinajstić information content (AvgIpc) is 2.99. The molecule has 0 bridgehead atoms. The van der Waals surface area contributed by atoms with Gasteiger partial charge < -0.3 is 20.0 Å². The van der Waals surface area contributed by atoms with E-state index in [1.165, 1.54) is 0 Å². The molecule has 2 aromatic rings. The van der Waals surface area contributed by atoms with Gasteiger partial charge in [0, 0.05) is 38.6 Å². The summed E-state index contributed by atoms with van der Waals surface area (Å²) in [7, 11) is 0. The number of rotatable bonds is 3. The van der Waals surface area contributed by atoms with Gasteiger partial charge in [0.15, 0.2) is 5.96 Å². The summed E-state index contributed by atoms with van der Waals surface area (Å²) in [6.45, 7) is 5.77. The molecule has 0 atom stereocenters. The Hall–Kier alpha value is -1.84. The zero-order valence-electron chi connectivity index (χ0n) is 13.1. The smallest absolute Gasteiger partial charge is 0.225 e. The molecule has 2 aromatic heterocycles. The second-order valence-corrected chi connectivity index (χ2v) is 5.22. The Balaban J connectivity index is 0.00000192. The number of hydrogen-bond acceptors (Lipinski definition) is 5. The van der Waals surface area contributed by atoms with Crippen molar-refractivity contribution in [2.75, 3.05) is 31.1 Å². The van der Waals surface area contributed by atoms with Crippen LogP contribution in [0.15, 0.2) is 40.2 Å². The number of halogens is 1. The first-order chi connectivity index (χ1) is 10.7. The van der Waals surface area contributed by atoms with Gasteiger partial charge in [-0.2, -0.15) is 0 Å². The van der Waals surface area contributed by atoms with Crippen molar-refractivity contribution in [3.63, 3.8) is 0 Å². The van der Waals surface area contributed by atoms with Crippen LogP contribution >= 0.6 is 24.0 Å². The molecule has 0 spiro atoms. The predicted molar refractivity (Wildman–Crippen MR) is 100 cm³/mol. The maximum absolute atomic E-state index is 6.08. The Morgan fingerprint density at radius 3 is 2.57 bits per heavy atom. The van der Waals surface area contributed by atoms with Gasteiger partial charge in [-0.05, 0) is 24.6 Å². The van der Waals surface area contributed by atoms with Crippen molar-refractivity contribution in [1.29, 1.82) is 0 Å². The standard InChI is InChI=1S/C15H20N6O.HI/c1-12-3-10-22-13(12)11-19-14(16)20-6-8-21(9-7-20)15-17-4-2-5-18-15;/h2-5,10H,6-9,11H2,1H3,(H2,16,19);1H. The molecule has 1 aliphatic rings. The van der Waals surface area contributed by atoms with Gasteiger partial charge >= 0.3 is 0 Å². The van der Waals surface area contributed by atoms with Crippen molar-refractivity contribution < 1.29 is 4.42 Å². The predicted octanol–water partition coefficient (Wildman–Crippen LogP) is 1.63. The Bertz CT molecular complexity index is 636. The molecule has 2 N–H and O–H groups in total. The van der Waals surface area contributed by atoms with E-state index in [0.717, 1.165) is 43.5 Å². The molecule has 1 aliphatic heterocycles. The fourth-order valence-corrected chi connectivity index (χ4v) is 2.41. The Labute approximate surface area is 152 Å². The molecule has 0 unspecified atom stereocenters. The van der Waals surface area contributed by atoms with Crippen molar-refractivity contribution in [3.8, 4) is 0 Å². The molecular weight excluding hydrogens is 407 g/mol. The topological polar surface area (TPSA) is 83.8 Å². The van der Waals surface area contributed by atoms with Crippen LogP contribution in [0.1, 0.15) is 11.3 Å². The van der Waals surface area contributed by atoms with E-state index in [2.05, 4.69) is 24.8 Å². The number of guanidine groups is 1. The fourth-order valence-electron chi connectivity index (χ4n) is 2.41. The molecule has 1 fully saturated rings. The monoisotopic (exact) mass is 428 g/mol. The molecule has 0 aromatic carbocycles. The van der Waals surface area contributed by atoms with E-state index in [4.69, 9.17) is 10.2 Å². The van der Waals surface area contributed by atoms with E-state index in [1.54, 1.807) is 18.7 Å². The van der Waals surface area contributed by atoms with Crippen molar-refractivity contribution in [2.45, 2.75) is 13.5 Å². The molecule has 8 heteroatoms. The molecule has 7 nitrogen and oxygen atoms in total. The lowest BCUT2D eigenvalue weighted by Gasteiger charge is -2.35. The van der Waals surface area contributed by atoms with Gasteiger partial charge in [0.05, 0.1) is 6.26 Å². The third-order valence-corrected chi connectivity index (χ3v) is 3.79. The zero-order chi connectivity index (χ0) is 15.4. The lowest BCUT2D eigenvalue weighted by molar-refractivity contribution is 0.377. The van der Waals surface area contributed by atoms with Crippen LogP contribution in [0, 0.1) is 6.92 Å². The molecule has 0 aliphatic carbocycles. The van der Waals surface area contributed by atoms with Gasteiger partial charge in [-0.1, -0.05) is 0 Å². The van der Waals surface area contributed by atoms with Crippen LogP contribution in [-0.4, -0.2) is 47.0 Å². The van der Waals surface area contributed by atoms with Crippen LogP contribution in [0.5, 0.6) is 0 Å². The summed E-state index contributed by atoms with van der Waals surface area (Å²) in [6.07, 6.45) is 5.20. The minimum absolute atomic E-state index is 0. The zero-order valence-corrected chi connectivity index (χ0v) is 15.4. The maximum Gasteiger partial charge on any atom is 0.225 e. The number of nitrogens with two attached hydrogens (primary N) is 1. The number of furan rings is 1. The van der Waals surface area contributed by atoms with Crippen LogP contribution < -0.4 is 10.6 Å². The number of hydrogen-bond donors (Lipinski definition) is 1. The summed E-state index contributed by atoms with van der Waals surface area (Å²) in [4.78, 5) is 17.2. The molecule has 3 rings (SSSR count). The Morgan fingerprint density at radius 2 is 1.96 bits per heavy atom. The first-order valence-corrected chi connectivity index (χ1v) is 7.34. The Morgan fingerprint density at radius 1 is 1.26 bits per heavy atom. The molecule has 0 saturated carbocycles. The fraction of sp³-hybridized carbons (Fsp3) is 0.400. The number of piperazine rings is 1. The second kappa shape index (κ2) is 8.14. The summed E-state index contributed by atoms with van der Waals surface area (Å²) in [6, 6.07) is 3.75. The highest BCUT2D eigenvalue weighted by molar-refractivity contribution is 14.0. The molecule has 23 heavy (non-hydrogen) atoms. The van der Waals surface area contributed by atoms with Gasteiger partial charge in [-0.3, -0.25) is 0 Å². The minimum atomic E-state index is 0. The number of aromatic nitrogens is 2. The van der Waals surface area contributed by atoms with E-state index in [9.17, 15) is 0 Å². The summed E-state index contributed by atoms with van der Waals surface area (Å²) < 4.78 is 5.37. The van der Waals surface area contributed by atoms with Gasteiger partial charge in [-0.15, -0.1) is 24.0 Å². The quantitative estimate of drug-likeness (QED) is 0.455. The van der Waals surface area contributed by atoms with Crippen molar-refractivity contribution in [2.24, 2.45) is 10.7 Å². The lowest BCUT2D eigenvalue weighted by atomic mass is 10.3. The highest BCUT2D eigenvalue weighted by Gasteiger charge is 2.19. The molecule has 0 radical (unpaired) electrons. The average molecular weight is 428 g/mol. The van der Waals surface area contributed by atoms with E-state index in [0.29, 0.717) is 12.5 Å². The second-order valence-electron chi connectivity index (χ2n) is 5.22. The third-order valence-electron chi connectivity index (χ3n) is 3.79. The van der Waals surface area contributed by atoms with E-state index in [1.807, 2.05) is 19.1 Å². The van der Waals surface area contributed by atoms with Crippen LogP contribution in [0.25, 0.3) is 0 Å². The van der Waals surface area contributed by atoms with E-state index in [-0.39, 0.29) is 24.0 Å². The van der Waals surface area contributed by atoms with E-state index < -0.39 is 0 Å². The highest BCUT2D eigenvalue weighted by atomic mass is 127. The highest BCUT2D eigenvalue weighted by Crippen LogP contribution is 2.11. The van der Waals surface area contributed by atoms with Gasteiger partial charge in [-0.25, -0.2) is 15.0 Å². The lowest BCUT2D eigenvalue weighted by Crippen LogP contribution is -2.51. The minimum Gasteiger partial charge on any atom is -0.467 e. The normalized spacial score (nSPS) is 15.4. The maximum atomic E-state index is 6.08. The number of nitrogens with zero attached hydrogens (tertiary/aromatic N) is 5. The van der Waals surface area contributed by atoms with Gasteiger partial charge in [0.1, 0.15) is 12.3 Å². The van der Waals surface area contributed by atoms with Crippen LogP contribution in [-0.2, 0) is 6.54 Å². The largest absolute Gasteiger partial charge is 0.467 e. The first-order valence-electron chi connectivity index (χ1n) is 7.34. The molecule has 124 valence electrons. The molecular formula is C15H21IN6O. The molecule has 0 amide bonds. The Kier molecular flexibility index (Phi) is 6.20. The van der Waals surface area contributed by atoms with Crippen LogP contribution in [0.4, 0.5) is 5.95 Å². The first kappa shape index (κ1) is 17.5. The van der Waals surface area contributed by atoms with Gasteiger partial charge in [0.25, 0.3) is 0 Å². The van der Waals surface area contributed by atoms with Crippen molar-refractivity contribution in [3.05, 3.63) is 42.1 Å². The number of aryl methyl sites for hydroxylation is 1. The van der Waals surface area contributed by atoms with Crippen LogP contribution in [0.3, 0.4) is 0 Å². The molecule has 3 heterocycles. The molecule has 1 saturated heterocycles. The number of aliphatic imine (C=N–C) groups is 1.